The number of hydrogen-bond donors (Lipinski definition) is 1. The molecule has 0 aliphatic carbocycles. The molecule has 1 aromatic heterocycles. The summed E-state index contributed by atoms with van der Waals surface area (Å²) in [5.41, 5.74) is 2.61. The van der Waals surface area contributed by atoms with Gasteiger partial charge in [-0.2, -0.15) is 0 Å². The summed E-state index contributed by atoms with van der Waals surface area (Å²) in [5.74, 6) is 4.76. The Morgan fingerprint density at radius 2 is 2.08 bits per heavy atom. The average molecular weight is 221 g/mol. The molecule has 0 bridgehead atoms. The molecule has 1 heterocycles. The first-order valence-corrected chi connectivity index (χ1v) is 7.82. The van der Waals surface area contributed by atoms with Crippen molar-refractivity contribution in [2.24, 2.45) is 0 Å². The van der Waals surface area contributed by atoms with Crippen molar-refractivity contribution in [1.82, 2.24) is 4.98 Å². The molecule has 0 amide bonds. The molecule has 0 fully saturated rings. The summed E-state index contributed by atoms with van der Waals surface area (Å²) in [4.78, 5) is 3.37. The molecule has 13 heavy (non-hydrogen) atoms. The number of nitrogens with one attached hydrogen (secondary N) is 1. The van der Waals surface area contributed by atoms with Crippen molar-refractivity contribution in [3.63, 3.8) is 0 Å². The molecule has 76 valence electrons. The van der Waals surface area contributed by atoms with Crippen molar-refractivity contribution in [3.8, 4) is 0 Å². The fourth-order valence-electron chi connectivity index (χ4n) is 1.51. The Labute approximate surface area is 83.5 Å². The summed E-state index contributed by atoms with van der Waals surface area (Å²) < 4.78 is 1.53. The maximum absolute atomic E-state index is 3.83. The topological polar surface area (TPSA) is 15.8 Å². The first-order chi connectivity index (χ1) is 5.97. The Balaban J connectivity index is 3.05. The second-order valence-corrected chi connectivity index (χ2v) is 8.88. The summed E-state index contributed by atoms with van der Waals surface area (Å²) >= 11 is -1.11. The third-order valence-corrected chi connectivity index (χ3v) is 5.68. The van der Waals surface area contributed by atoms with Crippen molar-refractivity contribution in [1.29, 1.82) is 0 Å². The van der Waals surface area contributed by atoms with Crippen molar-refractivity contribution < 1.29 is 12.8 Å². The van der Waals surface area contributed by atoms with E-state index in [1.54, 1.807) is 0 Å². The molecule has 0 saturated heterocycles. The standard InChI is InChI=1S/C6H8N.C3H5.2CH3.Fe/c1-5-3-4-6(2)7-5;1-3-2;;;/h3,7H,1-2H3;3H,1-2H2;2*1H3;. The van der Waals surface area contributed by atoms with Gasteiger partial charge in [0.05, 0.1) is 0 Å². The Kier molecular flexibility index (Phi) is 3.05. The number of aryl methyl sites for hydroxylation is 2. The number of H-pyrrole nitrogens is 1. The summed E-state index contributed by atoms with van der Waals surface area (Å²) in [6.07, 6.45) is 2.04. The van der Waals surface area contributed by atoms with Crippen LogP contribution in [0.1, 0.15) is 11.4 Å². The van der Waals surface area contributed by atoms with Crippen molar-refractivity contribution in [2.75, 3.05) is 0 Å². The van der Waals surface area contributed by atoms with Gasteiger partial charge in [-0.25, -0.2) is 0 Å². The molecular formula is C11H19FeN. The van der Waals surface area contributed by atoms with Gasteiger partial charge in [0.2, 0.25) is 0 Å². The Hall–Kier alpha value is -0.461. The van der Waals surface area contributed by atoms with Gasteiger partial charge in [0.25, 0.3) is 0 Å². The third kappa shape index (κ3) is 2.26. The van der Waals surface area contributed by atoms with Crippen LogP contribution in [-0.2, 0) is 12.8 Å². The number of aromatic amines is 1. The van der Waals surface area contributed by atoms with Gasteiger partial charge in [0, 0.05) is 0 Å². The van der Waals surface area contributed by atoms with Crippen LogP contribution in [0.15, 0.2) is 18.7 Å². The van der Waals surface area contributed by atoms with Gasteiger partial charge >= 0.3 is 83.2 Å². The van der Waals surface area contributed by atoms with E-state index in [9.17, 15) is 0 Å². The Morgan fingerprint density at radius 1 is 1.46 bits per heavy atom. The zero-order valence-corrected chi connectivity index (χ0v) is 10.0. The molecule has 0 spiro atoms. The second kappa shape index (κ2) is 3.73. The molecule has 0 aliphatic rings. The van der Waals surface area contributed by atoms with Gasteiger partial charge in [-0.15, -0.1) is 0 Å². The van der Waals surface area contributed by atoms with Crippen LogP contribution in [0.25, 0.3) is 0 Å². The van der Waals surface area contributed by atoms with Crippen LogP contribution in [0.2, 0.25) is 17.0 Å². The molecule has 1 N–H and O–H groups in total. The predicted molar refractivity (Wildman–Crippen MR) is 56.6 cm³/mol. The van der Waals surface area contributed by atoms with Crippen LogP contribution in [0.5, 0.6) is 0 Å². The van der Waals surface area contributed by atoms with Gasteiger partial charge in [0.1, 0.15) is 0 Å². The molecule has 0 saturated carbocycles. The zero-order valence-electron chi connectivity index (χ0n) is 8.92. The SMILES string of the molecule is C=C[CH2][Fe]([CH3])([CH3])[c]1cc(C)[nH]c1C. The zero-order chi connectivity index (χ0) is 10.1. The van der Waals surface area contributed by atoms with Crippen LogP contribution >= 0.6 is 0 Å². The van der Waals surface area contributed by atoms with Gasteiger partial charge < -0.3 is 0 Å². The number of aromatic nitrogens is 1. The van der Waals surface area contributed by atoms with Crippen LogP contribution in [-0.4, -0.2) is 4.98 Å². The fourth-order valence-corrected chi connectivity index (χ4v) is 4.41. The molecule has 2 heteroatoms. The van der Waals surface area contributed by atoms with Crippen LogP contribution in [0.4, 0.5) is 0 Å². The molecule has 0 aliphatic heterocycles. The minimum atomic E-state index is -1.11. The number of hydrogen-bond acceptors (Lipinski definition) is 0. The molecule has 1 nitrogen and oxygen atoms in total. The average Bonchev–Trinajstić information content (AvgIpc) is 2.30. The van der Waals surface area contributed by atoms with Gasteiger partial charge in [-0.3, -0.25) is 0 Å². The normalized spacial score (nSPS) is 12.9. The van der Waals surface area contributed by atoms with Crippen LogP contribution in [0, 0.1) is 13.8 Å². The number of rotatable bonds is 3. The van der Waals surface area contributed by atoms with Crippen molar-refractivity contribution in [3.05, 3.63) is 30.1 Å². The van der Waals surface area contributed by atoms with Gasteiger partial charge in [0.15, 0.2) is 0 Å². The summed E-state index contributed by atoms with van der Waals surface area (Å²) in [6.45, 7) is 8.11. The van der Waals surface area contributed by atoms with E-state index >= 15 is 0 Å². The first kappa shape index (κ1) is 10.6. The summed E-state index contributed by atoms with van der Waals surface area (Å²) in [5, 5.41) is 1.14. The quantitative estimate of drug-likeness (QED) is 0.596. The maximum atomic E-state index is 3.83. The van der Waals surface area contributed by atoms with Crippen LogP contribution < -0.4 is 4.46 Å². The van der Waals surface area contributed by atoms with E-state index < -0.39 is 12.8 Å². The van der Waals surface area contributed by atoms with E-state index in [1.807, 2.05) is 6.08 Å². The third-order valence-electron chi connectivity index (χ3n) is 2.05. The van der Waals surface area contributed by atoms with Crippen molar-refractivity contribution >= 4 is 4.46 Å². The molecule has 1 rings (SSSR count). The Bertz CT molecular complexity index is 310. The summed E-state index contributed by atoms with van der Waals surface area (Å²) in [6, 6.07) is 2.29. The van der Waals surface area contributed by atoms with E-state index in [4.69, 9.17) is 0 Å². The second-order valence-electron chi connectivity index (χ2n) is 3.68. The monoisotopic (exact) mass is 221 g/mol. The van der Waals surface area contributed by atoms with E-state index in [2.05, 4.69) is 43.1 Å². The molecule has 0 unspecified atom stereocenters. The molecular weight excluding hydrogens is 202 g/mol. The van der Waals surface area contributed by atoms with Crippen LogP contribution in [0.3, 0.4) is 0 Å². The summed E-state index contributed by atoms with van der Waals surface area (Å²) in [7, 11) is 0. The molecule has 1 aromatic rings. The fraction of sp³-hybridized carbons (Fsp3) is 0.455. The van der Waals surface area contributed by atoms with E-state index in [1.165, 1.54) is 15.8 Å². The number of allylic oxidation sites excluding steroid dienone is 1. The van der Waals surface area contributed by atoms with Gasteiger partial charge in [-0.1, -0.05) is 0 Å². The predicted octanol–water partition coefficient (Wildman–Crippen LogP) is 3.11. The minimum absolute atomic E-state index is 1.11. The molecule has 0 atom stereocenters. The molecule has 0 aromatic carbocycles. The Morgan fingerprint density at radius 3 is 2.46 bits per heavy atom. The van der Waals surface area contributed by atoms with Gasteiger partial charge in [-0.05, 0) is 0 Å². The first-order valence-electron chi connectivity index (χ1n) is 4.28. The molecule has 0 radical (unpaired) electrons. The van der Waals surface area contributed by atoms with E-state index in [0.717, 1.165) is 5.32 Å². The van der Waals surface area contributed by atoms with Crippen molar-refractivity contribution in [2.45, 2.75) is 30.8 Å². The van der Waals surface area contributed by atoms with E-state index in [-0.39, 0.29) is 0 Å². The van der Waals surface area contributed by atoms with E-state index in [0.29, 0.717) is 0 Å².